The van der Waals surface area contributed by atoms with E-state index >= 15 is 0 Å². The van der Waals surface area contributed by atoms with Crippen LogP contribution in [0.15, 0.2) is 47.2 Å². The van der Waals surface area contributed by atoms with Crippen LogP contribution >= 0.6 is 0 Å². The quantitative estimate of drug-likeness (QED) is 0.508. The van der Waals surface area contributed by atoms with Gasteiger partial charge in [-0.3, -0.25) is 0 Å². The van der Waals surface area contributed by atoms with Crippen LogP contribution in [0.4, 0.5) is 5.95 Å². The molecule has 0 spiro atoms. The van der Waals surface area contributed by atoms with Gasteiger partial charge in [-0.2, -0.15) is 10.2 Å². The fourth-order valence-electron chi connectivity index (χ4n) is 2.87. The molecule has 0 amide bonds. The Morgan fingerprint density at radius 1 is 1.24 bits per heavy atom. The lowest BCUT2D eigenvalue weighted by atomic mass is 10.0. The lowest BCUT2D eigenvalue weighted by Gasteiger charge is -2.12. The van der Waals surface area contributed by atoms with Crippen molar-refractivity contribution < 1.29 is 9.63 Å². The number of anilines is 1. The fraction of sp³-hybridized carbons (Fsp3) is 0.143. The molecule has 0 saturated carbocycles. The molecule has 0 aliphatic heterocycles. The van der Waals surface area contributed by atoms with E-state index in [4.69, 9.17) is 10.3 Å². The van der Waals surface area contributed by atoms with Gasteiger partial charge in [0.05, 0.1) is 5.56 Å². The fourth-order valence-corrected chi connectivity index (χ4v) is 2.87. The second kappa shape index (κ2) is 6.79. The van der Waals surface area contributed by atoms with Crippen molar-refractivity contribution in [2.24, 2.45) is 0 Å². The molecule has 29 heavy (non-hydrogen) atoms. The molecule has 3 aromatic heterocycles. The molecule has 142 valence electrons. The second-order valence-electron chi connectivity index (χ2n) is 6.68. The van der Waals surface area contributed by atoms with Crippen LogP contribution in [-0.4, -0.2) is 24.8 Å². The molecule has 0 aliphatic carbocycles. The molecular weight excluding hydrogens is 368 g/mol. The Kier molecular flexibility index (Phi) is 4.27. The van der Waals surface area contributed by atoms with Crippen molar-refractivity contribution >= 4 is 17.0 Å². The minimum absolute atomic E-state index is 0.171. The van der Waals surface area contributed by atoms with E-state index in [2.05, 4.69) is 33.0 Å². The minimum atomic E-state index is -1.53. The molecule has 8 nitrogen and oxygen atoms in total. The minimum Gasteiger partial charge on any atom is -0.372 e. The zero-order valence-electron chi connectivity index (χ0n) is 15.7. The van der Waals surface area contributed by atoms with E-state index in [0.29, 0.717) is 28.2 Å². The number of aromatic nitrogens is 4. The topological polar surface area (TPSA) is 127 Å². The number of aryl methyl sites for hydroxylation is 1. The summed E-state index contributed by atoms with van der Waals surface area (Å²) in [6.45, 7) is 3.25. The summed E-state index contributed by atoms with van der Waals surface area (Å²) in [6, 6.07) is 10.8. The molecule has 0 radical (unpaired) electrons. The first kappa shape index (κ1) is 18.2. The van der Waals surface area contributed by atoms with Gasteiger partial charge >= 0.3 is 0 Å². The van der Waals surface area contributed by atoms with E-state index in [1.165, 1.54) is 6.92 Å². The SMILES string of the molecule is Cc1cc(C(C)(O)C#Cc2cc(-n3ccc4cnc(N)nc43)ccc2C#N)no1. The third-order valence-corrected chi connectivity index (χ3v) is 4.41. The highest BCUT2D eigenvalue weighted by Crippen LogP contribution is 2.22. The van der Waals surface area contributed by atoms with Gasteiger partial charge in [0.1, 0.15) is 23.2 Å². The number of nitrogen functional groups attached to an aromatic ring is 1. The van der Waals surface area contributed by atoms with Gasteiger partial charge < -0.3 is 19.9 Å². The van der Waals surface area contributed by atoms with Crippen molar-refractivity contribution in [2.45, 2.75) is 19.4 Å². The first-order chi connectivity index (χ1) is 13.9. The zero-order valence-corrected chi connectivity index (χ0v) is 15.7. The molecule has 0 bridgehead atoms. The maximum absolute atomic E-state index is 10.6. The molecule has 1 unspecified atom stereocenters. The maximum Gasteiger partial charge on any atom is 0.221 e. The Balaban J connectivity index is 1.79. The monoisotopic (exact) mass is 384 g/mol. The molecule has 0 fully saturated rings. The number of nitriles is 1. The maximum atomic E-state index is 10.6. The Bertz CT molecular complexity index is 1330. The molecule has 4 aromatic rings. The van der Waals surface area contributed by atoms with Gasteiger partial charge in [-0.1, -0.05) is 17.0 Å². The van der Waals surface area contributed by atoms with Crippen LogP contribution in [0.1, 0.15) is 29.5 Å². The Hall–Kier alpha value is -4.14. The highest BCUT2D eigenvalue weighted by atomic mass is 16.5. The summed E-state index contributed by atoms with van der Waals surface area (Å²) in [5.41, 5.74) is 6.74. The molecule has 0 saturated heterocycles. The van der Waals surface area contributed by atoms with E-state index in [9.17, 15) is 10.4 Å². The summed E-state index contributed by atoms with van der Waals surface area (Å²) in [4.78, 5) is 8.27. The highest BCUT2D eigenvalue weighted by molar-refractivity contribution is 5.78. The second-order valence-corrected chi connectivity index (χ2v) is 6.68. The molecule has 1 aromatic carbocycles. The third-order valence-electron chi connectivity index (χ3n) is 4.41. The predicted molar refractivity (Wildman–Crippen MR) is 106 cm³/mol. The summed E-state index contributed by atoms with van der Waals surface area (Å²) in [5.74, 6) is 6.42. The van der Waals surface area contributed by atoms with Gasteiger partial charge in [-0.15, -0.1) is 0 Å². The summed E-state index contributed by atoms with van der Waals surface area (Å²) in [6.07, 6.45) is 3.49. The normalized spacial score (nSPS) is 12.8. The smallest absolute Gasteiger partial charge is 0.221 e. The molecule has 3 N–H and O–H groups in total. The first-order valence-electron chi connectivity index (χ1n) is 8.71. The number of benzene rings is 1. The molecular formula is C21H16N6O2. The summed E-state index contributed by atoms with van der Waals surface area (Å²) >= 11 is 0. The number of hydrogen-bond donors (Lipinski definition) is 2. The zero-order chi connectivity index (χ0) is 20.6. The number of nitrogens with zero attached hydrogens (tertiary/aromatic N) is 5. The van der Waals surface area contributed by atoms with E-state index in [1.54, 1.807) is 37.4 Å². The van der Waals surface area contributed by atoms with Crippen LogP contribution in [-0.2, 0) is 5.60 Å². The average Bonchev–Trinajstić information content (AvgIpc) is 3.32. The van der Waals surface area contributed by atoms with Gasteiger partial charge in [-0.05, 0) is 38.1 Å². The molecule has 3 heterocycles. The number of fused-ring (bicyclic) bond motifs is 1. The lowest BCUT2D eigenvalue weighted by molar-refractivity contribution is 0.112. The van der Waals surface area contributed by atoms with Crippen LogP contribution in [0.2, 0.25) is 0 Å². The van der Waals surface area contributed by atoms with Crippen molar-refractivity contribution in [3.8, 4) is 23.6 Å². The van der Waals surface area contributed by atoms with Crippen molar-refractivity contribution in [1.82, 2.24) is 19.7 Å². The van der Waals surface area contributed by atoms with E-state index < -0.39 is 5.60 Å². The Morgan fingerprint density at radius 3 is 2.79 bits per heavy atom. The van der Waals surface area contributed by atoms with E-state index in [-0.39, 0.29) is 5.95 Å². The van der Waals surface area contributed by atoms with Gasteiger partial charge in [0.15, 0.2) is 5.60 Å². The van der Waals surface area contributed by atoms with Gasteiger partial charge in [-0.25, -0.2) is 4.98 Å². The van der Waals surface area contributed by atoms with Crippen molar-refractivity contribution in [1.29, 1.82) is 5.26 Å². The number of aliphatic hydroxyl groups is 1. The average molecular weight is 384 g/mol. The summed E-state index contributed by atoms with van der Waals surface area (Å²) in [5, 5.41) is 24.7. The molecule has 8 heteroatoms. The predicted octanol–water partition coefficient (Wildman–Crippen LogP) is 2.43. The van der Waals surface area contributed by atoms with Crippen LogP contribution < -0.4 is 5.73 Å². The number of hydrogen-bond acceptors (Lipinski definition) is 7. The third kappa shape index (κ3) is 3.41. The van der Waals surface area contributed by atoms with E-state index in [0.717, 1.165) is 11.1 Å². The van der Waals surface area contributed by atoms with Gasteiger partial charge in [0.25, 0.3) is 0 Å². The molecule has 0 aliphatic rings. The summed E-state index contributed by atoms with van der Waals surface area (Å²) < 4.78 is 6.84. The molecule has 1 atom stereocenters. The standard InChI is InChI=1S/C21H16N6O2/c1-13-9-18(26-29-13)21(2,28)7-5-14-10-17(4-3-15(14)11-22)27-8-6-16-12-24-20(23)25-19(16)27/h3-4,6,8-10,12,28H,1-2H3,(H2,23,24,25). The summed E-state index contributed by atoms with van der Waals surface area (Å²) in [7, 11) is 0. The number of rotatable bonds is 2. The lowest BCUT2D eigenvalue weighted by Crippen LogP contribution is -2.18. The first-order valence-corrected chi connectivity index (χ1v) is 8.71. The molecule has 4 rings (SSSR count). The Labute approximate surface area is 166 Å². The van der Waals surface area contributed by atoms with Crippen LogP contribution in [0.3, 0.4) is 0 Å². The van der Waals surface area contributed by atoms with Crippen LogP contribution in [0.25, 0.3) is 16.7 Å². The van der Waals surface area contributed by atoms with Crippen LogP contribution in [0, 0.1) is 30.1 Å². The van der Waals surface area contributed by atoms with E-state index in [1.807, 2.05) is 16.8 Å². The highest BCUT2D eigenvalue weighted by Gasteiger charge is 2.24. The van der Waals surface area contributed by atoms with Crippen LogP contribution in [0.5, 0.6) is 0 Å². The van der Waals surface area contributed by atoms with Crippen molar-refractivity contribution in [3.05, 3.63) is 65.3 Å². The largest absolute Gasteiger partial charge is 0.372 e. The number of nitrogens with two attached hydrogens (primary N) is 1. The van der Waals surface area contributed by atoms with Gasteiger partial charge in [0, 0.05) is 35.1 Å². The van der Waals surface area contributed by atoms with Crippen molar-refractivity contribution in [2.75, 3.05) is 5.73 Å². The Morgan fingerprint density at radius 2 is 2.07 bits per heavy atom. The van der Waals surface area contributed by atoms with Gasteiger partial charge in [0.2, 0.25) is 5.95 Å². The van der Waals surface area contributed by atoms with Crippen molar-refractivity contribution in [3.63, 3.8) is 0 Å².